The lowest BCUT2D eigenvalue weighted by Crippen LogP contribution is -2.35. The molecule has 0 saturated carbocycles. The van der Waals surface area contributed by atoms with E-state index in [1.54, 1.807) is 0 Å². The van der Waals surface area contributed by atoms with Crippen LogP contribution in [0.5, 0.6) is 0 Å². The van der Waals surface area contributed by atoms with Crippen molar-refractivity contribution in [3.05, 3.63) is 41.1 Å². The van der Waals surface area contributed by atoms with Gasteiger partial charge in [0.25, 0.3) is 0 Å². The molecule has 2 bridgehead atoms. The lowest BCUT2D eigenvalue weighted by atomic mass is 9.69. The summed E-state index contributed by atoms with van der Waals surface area (Å²) in [4.78, 5) is 7.26. The van der Waals surface area contributed by atoms with Gasteiger partial charge in [0.05, 0.1) is 0 Å². The summed E-state index contributed by atoms with van der Waals surface area (Å²) >= 11 is 0. The van der Waals surface area contributed by atoms with E-state index in [9.17, 15) is 0 Å². The van der Waals surface area contributed by atoms with Gasteiger partial charge in [0.1, 0.15) is 5.58 Å². The second-order valence-corrected chi connectivity index (χ2v) is 8.17. The Morgan fingerprint density at radius 3 is 2.71 bits per heavy atom. The number of rotatable bonds is 1. The van der Waals surface area contributed by atoms with E-state index in [0.29, 0.717) is 17.4 Å². The number of hydrogen-bond donors (Lipinski definition) is 0. The lowest BCUT2D eigenvalue weighted by Gasteiger charge is -2.36. The molecule has 2 aliphatic heterocycles. The van der Waals surface area contributed by atoms with Crippen LogP contribution in [-0.4, -0.2) is 29.0 Å². The molecule has 4 atom stereocenters. The molecule has 2 saturated heterocycles. The molecule has 3 heteroatoms. The van der Waals surface area contributed by atoms with Crippen LogP contribution in [0.4, 0.5) is 0 Å². The Hall–Kier alpha value is -1.87. The smallest absolute Gasteiger partial charge is 0.227 e. The van der Waals surface area contributed by atoms with Gasteiger partial charge >= 0.3 is 0 Å². The van der Waals surface area contributed by atoms with Crippen LogP contribution in [0.25, 0.3) is 22.1 Å². The van der Waals surface area contributed by atoms with Crippen LogP contribution in [0.15, 0.2) is 28.7 Å². The highest BCUT2D eigenvalue weighted by Gasteiger charge is 2.53. The van der Waals surface area contributed by atoms with E-state index in [1.807, 2.05) is 6.92 Å². The Bertz CT molecular complexity index is 973. The van der Waals surface area contributed by atoms with Gasteiger partial charge < -0.3 is 4.42 Å². The molecule has 4 unspecified atom stereocenters. The summed E-state index contributed by atoms with van der Waals surface area (Å²) in [7, 11) is 0. The molecule has 3 nitrogen and oxygen atoms in total. The molecule has 0 amide bonds. The quantitative estimate of drug-likeness (QED) is 0.645. The summed E-state index contributed by atoms with van der Waals surface area (Å²) in [6.45, 7) is 11.6. The molecular weight excluding hydrogens is 296 g/mol. The van der Waals surface area contributed by atoms with Gasteiger partial charge in [0, 0.05) is 40.5 Å². The van der Waals surface area contributed by atoms with Crippen molar-refractivity contribution in [3.63, 3.8) is 0 Å². The molecule has 2 fully saturated rings. The minimum Gasteiger partial charge on any atom is -0.437 e. The Kier molecular flexibility index (Phi) is 2.78. The summed E-state index contributed by atoms with van der Waals surface area (Å²) in [6, 6.07) is 9.28. The predicted octanol–water partition coefficient (Wildman–Crippen LogP) is 4.80. The molecule has 0 spiro atoms. The highest BCUT2D eigenvalue weighted by molar-refractivity contribution is 6.05. The average Bonchev–Trinajstić information content (AvgIpc) is 3.16. The first-order valence-corrected chi connectivity index (χ1v) is 9.01. The Labute approximate surface area is 142 Å². The number of nitrogens with zero attached hydrogens (tertiary/aromatic N) is 2. The standard InChI is InChI=1S/C21H24N2O/c1-12-5-7-15-16-8-6-13(2)22-20(16)24-19(15)17(12)18-14(3)23-10-9-21(18,4)11-23/h5-8,14,18H,9-11H2,1-4H3. The van der Waals surface area contributed by atoms with E-state index in [2.05, 4.69) is 54.9 Å². The van der Waals surface area contributed by atoms with Crippen LogP contribution in [0, 0.1) is 19.3 Å². The molecule has 0 radical (unpaired) electrons. The van der Waals surface area contributed by atoms with E-state index in [0.717, 1.165) is 22.4 Å². The van der Waals surface area contributed by atoms with Crippen LogP contribution in [0.3, 0.4) is 0 Å². The Balaban J connectivity index is 1.82. The van der Waals surface area contributed by atoms with Gasteiger partial charge in [-0.1, -0.05) is 19.1 Å². The number of aryl methyl sites for hydroxylation is 2. The minimum atomic E-state index is 0.362. The van der Waals surface area contributed by atoms with Gasteiger partial charge in [-0.25, -0.2) is 4.98 Å². The average molecular weight is 320 g/mol. The summed E-state index contributed by atoms with van der Waals surface area (Å²) in [5.74, 6) is 0.539. The summed E-state index contributed by atoms with van der Waals surface area (Å²) in [5, 5.41) is 2.35. The molecule has 2 aromatic heterocycles. The maximum Gasteiger partial charge on any atom is 0.227 e. The highest BCUT2D eigenvalue weighted by Crippen LogP contribution is 2.55. The van der Waals surface area contributed by atoms with E-state index >= 15 is 0 Å². The van der Waals surface area contributed by atoms with Crippen LogP contribution in [-0.2, 0) is 0 Å². The number of pyridine rings is 1. The maximum atomic E-state index is 6.33. The van der Waals surface area contributed by atoms with Crippen molar-refractivity contribution >= 4 is 22.1 Å². The van der Waals surface area contributed by atoms with Crippen LogP contribution < -0.4 is 0 Å². The third-order valence-electron chi connectivity index (χ3n) is 6.56. The maximum absolute atomic E-state index is 6.33. The third kappa shape index (κ3) is 1.74. The second kappa shape index (κ2) is 4.60. The van der Waals surface area contributed by atoms with Gasteiger partial charge in [-0.15, -0.1) is 0 Å². The van der Waals surface area contributed by atoms with E-state index < -0.39 is 0 Å². The first-order chi connectivity index (χ1) is 11.5. The fourth-order valence-electron chi connectivity index (χ4n) is 5.32. The van der Waals surface area contributed by atoms with Crippen LogP contribution in [0.2, 0.25) is 0 Å². The van der Waals surface area contributed by atoms with Gasteiger partial charge in [0.15, 0.2) is 0 Å². The molecule has 0 N–H and O–H groups in total. The fraction of sp³-hybridized carbons (Fsp3) is 0.476. The molecule has 1 aromatic carbocycles. The first kappa shape index (κ1) is 14.5. The summed E-state index contributed by atoms with van der Waals surface area (Å²) in [5.41, 5.74) is 5.98. The SMILES string of the molecule is Cc1ccc2c(n1)oc1c(C3C(C)N4CCC3(C)C4)c(C)ccc12. The monoisotopic (exact) mass is 320 g/mol. The lowest BCUT2D eigenvalue weighted by molar-refractivity contribution is 0.227. The topological polar surface area (TPSA) is 29.3 Å². The molecule has 0 aliphatic carbocycles. The number of furan rings is 1. The van der Waals surface area contributed by atoms with Gasteiger partial charge in [-0.05, 0) is 56.8 Å². The molecule has 124 valence electrons. The molecular formula is C21H24N2O. The number of aromatic nitrogens is 1. The van der Waals surface area contributed by atoms with E-state index in [4.69, 9.17) is 4.42 Å². The normalized spacial score (nSPS) is 32.2. The number of piperidine rings is 1. The van der Waals surface area contributed by atoms with Crippen molar-refractivity contribution < 1.29 is 4.42 Å². The van der Waals surface area contributed by atoms with Crippen molar-refractivity contribution in [1.29, 1.82) is 0 Å². The third-order valence-corrected chi connectivity index (χ3v) is 6.56. The predicted molar refractivity (Wildman–Crippen MR) is 97.5 cm³/mol. The van der Waals surface area contributed by atoms with Gasteiger partial charge in [-0.2, -0.15) is 0 Å². The van der Waals surface area contributed by atoms with Crippen molar-refractivity contribution in [3.8, 4) is 0 Å². The zero-order valence-corrected chi connectivity index (χ0v) is 14.9. The van der Waals surface area contributed by atoms with Crippen molar-refractivity contribution in [2.45, 2.75) is 46.1 Å². The zero-order valence-electron chi connectivity index (χ0n) is 14.9. The fourth-order valence-corrected chi connectivity index (χ4v) is 5.32. The van der Waals surface area contributed by atoms with Crippen LogP contribution in [0.1, 0.15) is 43.0 Å². The number of hydrogen-bond acceptors (Lipinski definition) is 3. The number of benzene rings is 1. The molecule has 24 heavy (non-hydrogen) atoms. The summed E-state index contributed by atoms with van der Waals surface area (Å²) < 4.78 is 6.33. The molecule has 3 aromatic rings. The number of fused-ring (bicyclic) bond motifs is 5. The van der Waals surface area contributed by atoms with E-state index in [-0.39, 0.29) is 0 Å². The Morgan fingerprint density at radius 1 is 1.17 bits per heavy atom. The zero-order chi connectivity index (χ0) is 16.6. The Morgan fingerprint density at radius 2 is 1.96 bits per heavy atom. The molecule has 5 rings (SSSR count). The molecule has 2 aliphatic rings. The van der Waals surface area contributed by atoms with Crippen molar-refractivity contribution in [2.24, 2.45) is 5.41 Å². The highest BCUT2D eigenvalue weighted by atomic mass is 16.3. The second-order valence-electron chi connectivity index (χ2n) is 8.17. The van der Waals surface area contributed by atoms with E-state index in [1.165, 1.54) is 36.0 Å². The molecule has 4 heterocycles. The minimum absolute atomic E-state index is 0.362. The van der Waals surface area contributed by atoms with Gasteiger partial charge in [0.2, 0.25) is 5.71 Å². The van der Waals surface area contributed by atoms with Crippen molar-refractivity contribution in [2.75, 3.05) is 13.1 Å². The van der Waals surface area contributed by atoms with Gasteiger partial charge in [-0.3, -0.25) is 4.90 Å². The summed E-state index contributed by atoms with van der Waals surface area (Å²) in [6.07, 6.45) is 1.29. The van der Waals surface area contributed by atoms with Crippen molar-refractivity contribution in [1.82, 2.24) is 9.88 Å². The largest absolute Gasteiger partial charge is 0.437 e. The van der Waals surface area contributed by atoms with Crippen LogP contribution >= 0.6 is 0 Å². The first-order valence-electron chi connectivity index (χ1n) is 9.01.